The minimum Gasteiger partial charge on any atom is -0.377 e. The smallest absolute Gasteiger partial charge is 0.0682 e. The number of ether oxygens (including phenoxy) is 1. The van der Waals surface area contributed by atoms with Crippen LogP contribution >= 0.6 is 0 Å². The molecular weight excluding hydrogens is 172 g/mol. The molecule has 0 atom stereocenters. The SMILES string of the molecule is c1ccc2c(c1)CC1=C(COCC1)C2. The number of rotatable bonds is 0. The molecule has 14 heavy (non-hydrogen) atoms. The van der Waals surface area contributed by atoms with E-state index < -0.39 is 0 Å². The molecular formula is C13H14O. The Bertz CT molecular complexity index is 353. The first-order valence-corrected chi connectivity index (χ1v) is 5.28. The predicted molar refractivity (Wildman–Crippen MR) is 56.3 cm³/mol. The van der Waals surface area contributed by atoms with Gasteiger partial charge < -0.3 is 4.74 Å². The first-order valence-electron chi connectivity index (χ1n) is 5.28. The van der Waals surface area contributed by atoms with Crippen LogP contribution in [0, 0.1) is 0 Å². The Labute approximate surface area is 84.4 Å². The molecule has 0 N–H and O–H groups in total. The number of hydrogen-bond donors (Lipinski definition) is 0. The lowest BCUT2D eigenvalue weighted by Crippen LogP contribution is -2.18. The molecule has 0 saturated heterocycles. The highest BCUT2D eigenvalue weighted by molar-refractivity contribution is 5.41. The third kappa shape index (κ3) is 1.28. The second-order valence-electron chi connectivity index (χ2n) is 4.13. The zero-order chi connectivity index (χ0) is 9.38. The third-order valence-corrected chi connectivity index (χ3v) is 3.25. The Morgan fingerprint density at radius 3 is 2.43 bits per heavy atom. The Hall–Kier alpha value is -1.08. The van der Waals surface area contributed by atoms with Gasteiger partial charge in [0.2, 0.25) is 0 Å². The van der Waals surface area contributed by atoms with Crippen LogP contribution in [0.1, 0.15) is 17.5 Å². The van der Waals surface area contributed by atoms with Crippen molar-refractivity contribution in [3.05, 3.63) is 46.5 Å². The van der Waals surface area contributed by atoms with Gasteiger partial charge in [-0.15, -0.1) is 0 Å². The summed E-state index contributed by atoms with van der Waals surface area (Å²) in [4.78, 5) is 0. The molecule has 0 bridgehead atoms. The summed E-state index contributed by atoms with van der Waals surface area (Å²) in [7, 11) is 0. The molecule has 1 heterocycles. The standard InChI is InChI=1S/C13H14O/c1-2-4-11-8-13-9-14-6-5-12(13)7-10(11)3-1/h1-4H,5-9H2. The van der Waals surface area contributed by atoms with E-state index in [0.29, 0.717) is 0 Å². The summed E-state index contributed by atoms with van der Waals surface area (Å²) >= 11 is 0. The van der Waals surface area contributed by atoms with Gasteiger partial charge in [-0.2, -0.15) is 0 Å². The van der Waals surface area contributed by atoms with Crippen LogP contribution in [0.15, 0.2) is 35.4 Å². The van der Waals surface area contributed by atoms with Crippen molar-refractivity contribution >= 4 is 0 Å². The molecule has 0 amide bonds. The van der Waals surface area contributed by atoms with E-state index in [2.05, 4.69) is 24.3 Å². The van der Waals surface area contributed by atoms with Crippen LogP contribution < -0.4 is 0 Å². The van der Waals surface area contributed by atoms with Gasteiger partial charge in [-0.05, 0) is 36.0 Å². The lowest BCUT2D eigenvalue weighted by molar-refractivity contribution is 0.143. The van der Waals surface area contributed by atoms with Crippen LogP contribution in [0.4, 0.5) is 0 Å². The monoisotopic (exact) mass is 186 g/mol. The largest absolute Gasteiger partial charge is 0.377 e. The van der Waals surface area contributed by atoms with E-state index in [1.54, 1.807) is 5.57 Å². The van der Waals surface area contributed by atoms with Crippen LogP contribution in [-0.2, 0) is 17.6 Å². The molecule has 2 aliphatic rings. The highest BCUT2D eigenvalue weighted by atomic mass is 16.5. The molecule has 0 spiro atoms. The second-order valence-corrected chi connectivity index (χ2v) is 4.13. The average Bonchev–Trinajstić information content (AvgIpc) is 2.26. The number of fused-ring (bicyclic) bond motifs is 1. The highest BCUT2D eigenvalue weighted by Crippen LogP contribution is 2.30. The first kappa shape index (κ1) is 8.25. The van der Waals surface area contributed by atoms with Crippen LogP contribution in [0.2, 0.25) is 0 Å². The van der Waals surface area contributed by atoms with Crippen LogP contribution in [0.5, 0.6) is 0 Å². The maximum atomic E-state index is 5.50. The molecule has 0 aromatic heterocycles. The lowest BCUT2D eigenvalue weighted by Gasteiger charge is -2.26. The molecule has 0 radical (unpaired) electrons. The van der Waals surface area contributed by atoms with Gasteiger partial charge in [-0.25, -0.2) is 0 Å². The minimum absolute atomic E-state index is 0.865. The van der Waals surface area contributed by atoms with Gasteiger partial charge >= 0.3 is 0 Å². The van der Waals surface area contributed by atoms with Crippen LogP contribution in [-0.4, -0.2) is 13.2 Å². The zero-order valence-corrected chi connectivity index (χ0v) is 8.25. The quantitative estimate of drug-likeness (QED) is 0.566. The van der Waals surface area contributed by atoms with Crippen LogP contribution in [0.3, 0.4) is 0 Å². The summed E-state index contributed by atoms with van der Waals surface area (Å²) < 4.78 is 5.50. The summed E-state index contributed by atoms with van der Waals surface area (Å²) in [5.74, 6) is 0. The second kappa shape index (κ2) is 3.25. The van der Waals surface area contributed by atoms with Crippen molar-refractivity contribution in [2.45, 2.75) is 19.3 Å². The molecule has 1 aromatic carbocycles. The minimum atomic E-state index is 0.865. The molecule has 1 aliphatic heterocycles. The van der Waals surface area contributed by atoms with Crippen LogP contribution in [0.25, 0.3) is 0 Å². The molecule has 0 fully saturated rings. The fourth-order valence-corrected chi connectivity index (χ4v) is 2.42. The van der Waals surface area contributed by atoms with E-state index >= 15 is 0 Å². The molecule has 1 heteroatoms. The summed E-state index contributed by atoms with van der Waals surface area (Å²) in [6, 6.07) is 8.78. The van der Waals surface area contributed by atoms with E-state index in [-0.39, 0.29) is 0 Å². The molecule has 0 unspecified atom stereocenters. The van der Waals surface area contributed by atoms with E-state index in [1.807, 2.05) is 0 Å². The fourth-order valence-electron chi connectivity index (χ4n) is 2.42. The summed E-state index contributed by atoms with van der Waals surface area (Å²) in [5.41, 5.74) is 6.19. The van der Waals surface area contributed by atoms with Gasteiger partial charge in [0, 0.05) is 0 Å². The number of benzene rings is 1. The van der Waals surface area contributed by atoms with Crippen molar-refractivity contribution in [1.82, 2.24) is 0 Å². The van der Waals surface area contributed by atoms with Gasteiger partial charge in [-0.3, -0.25) is 0 Å². The van der Waals surface area contributed by atoms with Gasteiger partial charge in [0.15, 0.2) is 0 Å². The summed E-state index contributed by atoms with van der Waals surface area (Å²) in [5, 5.41) is 0. The van der Waals surface area contributed by atoms with Gasteiger partial charge in [-0.1, -0.05) is 29.8 Å². The Balaban J connectivity index is 1.99. The molecule has 1 aromatic rings. The summed E-state index contributed by atoms with van der Waals surface area (Å²) in [6.07, 6.45) is 3.42. The summed E-state index contributed by atoms with van der Waals surface area (Å²) in [6.45, 7) is 1.78. The molecule has 1 aliphatic carbocycles. The van der Waals surface area contributed by atoms with E-state index in [4.69, 9.17) is 4.74 Å². The Kier molecular flexibility index (Phi) is 1.91. The third-order valence-electron chi connectivity index (χ3n) is 3.25. The van der Waals surface area contributed by atoms with Crippen molar-refractivity contribution in [1.29, 1.82) is 0 Å². The molecule has 0 saturated carbocycles. The van der Waals surface area contributed by atoms with Crippen molar-refractivity contribution in [3.63, 3.8) is 0 Å². The molecule has 3 rings (SSSR count). The van der Waals surface area contributed by atoms with Crippen molar-refractivity contribution in [2.75, 3.05) is 13.2 Å². The van der Waals surface area contributed by atoms with Crippen molar-refractivity contribution < 1.29 is 4.74 Å². The van der Waals surface area contributed by atoms with E-state index in [9.17, 15) is 0 Å². The Morgan fingerprint density at radius 1 is 0.929 bits per heavy atom. The van der Waals surface area contributed by atoms with E-state index in [1.165, 1.54) is 16.7 Å². The molecule has 1 nitrogen and oxygen atoms in total. The highest BCUT2D eigenvalue weighted by Gasteiger charge is 2.19. The maximum absolute atomic E-state index is 5.50. The topological polar surface area (TPSA) is 9.23 Å². The maximum Gasteiger partial charge on any atom is 0.0682 e. The normalized spacial score (nSPS) is 20.3. The van der Waals surface area contributed by atoms with Gasteiger partial charge in [0.1, 0.15) is 0 Å². The Morgan fingerprint density at radius 2 is 1.64 bits per heavy atom. The fraction of sp³-hybridized carbons (Fsp3) is 0.385. The zero-order valence-electron chi connectivity index (χ0n) is 8.25. The molecule has 72 valence electrons. The predicted octanol–water partition coefficient (Wildman–Crippen LogP) is 2.50. The lowest BCUT2D eigenvalue weighted by atomic mass is 9.84. The van der Waals surface area contributed by atoms with E-state index in [0.717, 1.165) is 32.5 Å². The average molecular weight is 186 g/mol. The van der Waals surface area contributed by atoms with Crippen molar-refractivity contribution in [3.8, 4) is 0 Å². The van der Waals surface area contributed by atoms with Gasteiger partial charge in [0.25, 0.3) is 0 Å². The first-order chi connectivity index (χ1) is 6.93. The van der Waals surface area contributed by atoms with Gasteiger partial charge in [0.05, 0.1) is 13.2 Å². The number of hydrogen-bond acceptors (Lipinski definition) is 1. The van der Waals surface area contributed by atoms with Crippen molar-refractivity contribution in [2.24, 2.45) is 0 Å².